The van der Waals surface area contributed by atoms with E-state index in [0.29, 0.717) is 22.7 Å². The summed E-state index contributed by atoms with van der Waals surface area (Å²) in [4.78, 5) is 14.7. The SMILES string of the molecule is COc1ccc(N(C(=O)c2cccc(OC)c2)C2C=CS(=O)(=O)C2)cc1. The van der Waals surface area contributed by atoms with Crippen molar-refractivity contribution in [2.45, 2.75) is 6.04 Å². The minimum atomic E-state index is -3.31. The van der Waals surface area contributed by atoms with Crippen LogP contribution in [0.3, 0.4) is 0 Å². The van der Waals surface area contributed by atoms with E-state index in [0.717, 1.165) is 5.41 Å². The lowest BCUT2D eigenvalue weighted by Gasteiger charge is -2.28. The lowest BCUT2D eigenvalue weighted by Crippen LogP contribution is -2.41. The Labute approximate surface area is 152 Å². The van der Waals surface area contributed by atoms with Crippen molar-refractivity contribution in [3.8, 4) is 11.5 Å². The molecule has 2 aromatic carbocycles. The van der Waals surface area contributed by atoms with Crippen LogP contribution in [-0.4, -0.2) is 40.3 Å². The summed E-state index contributed by atoms with van der Waals surface area (Å²) in [5.41, 5.74) is 1.00. The highest BCUT2D eigenvalue weighted by atomic mass is 32.2. The standard InChI is InChI=1S/C19H19NO5S/c1-24-17-8-6-15(7-9-17)20(16-10-11-26(22,23)13-16)19(21)14-4-3-5-18(12-14)25-2/h3-12,16H,13H2,1-2H3. The Bertz CT molecular complexity index is 935. The summed E-state index contributed by atoms with van der Waals surface area (Å²) in [5, 5.41) is 1.16. The van der Waals surface area contributed by atoms with Crippen molar-refractivity contribution >= 4 is 21.4 Å². The van der Waals surface area contributed by atoms with Crippen molar-refractivity contribution in [3.63, 3.8) is 0 Å². The molecule has 0 saturated carbocycles. The van der Waals surface area contributed by atoms with Gasteiger partial charge in [-0.3, -0.25) is 4.79 Å². The van der Waals surface area contributed by atoms with E-state index < -0.39 is 15.9 Å². The van der Waals surface area contributed by atoms with Gasteiger partial charge < -0.3 is 14.4 Å². The smallest absolute Gasteiger partial charge is 0.258 e. The number of carbonyl (C=O) groups excluding carboxylic acids is 1. The van der Waals surface area contributed by atoms with Crippen LogP contribution in [0, 0.1) is 0 Å². The predicted octanol–water partition coefficient (Wildman–Crippen LogP) is 2.66. The molecule has 0 radical (unpaired) electrons. The molecule has 1 aliphatic rings. The van der Waals surface area contributed by atoms with Crippen molar-refractivity contribution < 1.29 is 22.7 Å². The number of sulfone groups is 1. The first kappa shape index (κ1) is 18.0. The molecule has 3 rings (SSSR count). The second-order valence-corrected chi connectivity index (χ2v) is 7.76. The second-order valence-electron chi connectivity index (χ2n) is 5.83. The number of methoxy groups -OCH3 is 2. The predicted molar refractivity (Wildman–Crippen MR) is 99.5 cm³/mol. The van der Waals surface area contributed by atoms with E-state index in [2.05, 4.69) is 0 Å². The summed E-state index contributed by atoms with van der Waals surface area (Å²) in [6.07, 6.45) is 1.54. The minimum absolute atomic E-state index is 0.144. The highest BCUT2D eigenvalue weighted by Gasteiger charge is 2.32. The van der Waals surface area contributed by atoms with Crippen LogP contribution in [0.4, 0.5) is 5.69 Å². The zero-order valence-electron chi connectivity index (χ0n) is 14.5. The van der Waals surface area contributed by atoms with Gasteiger partial charge in [0.15, 0.2) is 9.84 Å². The Morgan fingerprint density at radius 1 is 1.04 bits per heavy atom. The largest absolute Gasteiger partial charge is 0.497 e. The summed E-state index contributed by atoms with van der Waals surface area (Å²) >= 11 is 0. The van der Waals surface area contributed by atoms with Crippen LogP contribution in [0.1, 0.15) is 10.4 Å². The van der Waals surface area contributed by atoms with E-state index in [1.807, 2.05) is 0 Å². The zero-order chi connectivity index (χ0) is 18.7. The van der Waals surface area contributed by atoms with Gasteiger partial charge in [-0.25, -0.2) is 8.42 Å². The first-order valence-corrected chi connectivity index (χ1v) is 9.68. The normalized spacial score (nSPS) is 17.7. The van der Waals surface area contributed by atoms with Gasteiger partial charge in [0.1, 0.15) is 11.5 Å². The Balaban J connectivity index is 2.01. The zero-order valence-corrected chi connectivity index (χ0v) is 15.3. The molecule has 0 aromatic heterocycles. The summed E-state index contributed by atoms with van der Waals surface area (Å²) in [7, 11) is -0.233. The number of carbonyl (C=O) groups is 1. The van der Waals surface area contributed by atoms with E-state index in [9.17, 15) is 13.2 Å². The van der Waals surface area contributed by atoms with E-state index in [1.54, 1.807) is 55.6 Å². The van der Waals surface area contributed by atoms with Crippen LogP contribution >= 0.6 is 0 Å². The Morgan fingerprint density at radius 2 is 1.73 bits per heavy atom. The topological polar surface area (TPSA) is 72.9 Å². The molecule has 0 aliphatic carbocycles. The minimum Gasteiger partial charge on any atom is -0.497 e. The average molecular weight is 373 g/mol. The van der Waals surface area contributed by atoms with Crippen LogP contribution in [0.5, 0.6) is 11.5 Å². The molecule has 1 unspecified atom stereocenters. The van der Waals surface area contributed by atoms with E-state index in [4.69, 9.17) is 9.47 Å². The molecule has 2 aromatic rings. The highest BCUT2D eigenvalue weighted by molar-refractivity contribution is 7.94. The molecule has 0 fully saturated rings. The van der Waals surface area contributed by atoms with Crippen LogP contribution < -0.4 is 14.4 Å². The number of amides is 1. The van der Waals surface area contributed by atoms with Crippen molar-refractivity contribution in [1.29, 1.82) is 0 Å². The molecule has 6 nitrogen and oxygen atoms in total. The summed E-state index contributed by atoms with van der Waals surface area (Å²) in [6, 6.07) is 13.1. The maximum atomic E-state index is 13.2. The third-order valence-electron chi connectivity index (χ3n) is 4.13. The highest BCUT2D eigenvalue weighted by Crippen LogP contribution is 2.27. The third kappa shape index (κ3) is 3.72. The van der Waals surface area contributed by atoms with Crippen LogP contribution in [-0.2, 0) is 9.84 Å². The molecule has 26 heavy (non-hydrogen) atoms. The summed E-state index contributed by atoms with van der Waals surface area (Å²) < 4.78 is 34.1. The Kier molecular flexibility index (Phi) is 4.99. The molecule has 0 saturated heterocycles. The molecule has 136 valence electrons. The second kappa shape index (κ2) is 7.21. The molecule has 0 N–H and O–H groups in total. The van der Waals surface area contributed by atoms with E-state index in [1.165, 1.54) is 18.1 Å². The first-order valence-electron chi connectivity index (χ1n) is 7.96. The molecular weight excluding hydrogens is 354 g/mol. The number of hydrogen-bond acceptors (Lipinski definition) is 5. The molecule has 7 heteroatoms. The molecule has 1 amide bonds. The van der Waals surface area contributed by atoms with Gasteiger partial charge in [-0.2, -0.15) is 0 Å². The lowest BCUT2D eigenvalue weighted by atomic mass is 10.1. The third-order valence-corrected chi connectivity index (χ3v) is 5.51. The van der Waals surface area contributed by atoms with Crippen LogP contribution in [0.15, 0.2) is 60.0 Å². The van der Waals surface area contributed by atoms with Gasteiger partial charge in [0.25, 0.3) is 5.91 Å². The van der Waals surface area contributed by atoms with Crippen molar-refractivity contribution in [2.75, 3.05) is 24.9 Å². The number of ether oxygens (including phenoxy) is 2. The van der Waals surface area contributed by atoms with Gasteiger partial charge in [0.05, 0.1) is 26.0 Å². The molecule has 0 spiro atoms. The fourth-order valence-corrected chi connectivity index (χ4v) is 4.09. The van der Waals surface area contributed by atoms with Crippen molar-refractivity contribution in [3.05, 3.63) is 65.6 Å². The quantitative estimate of drug-likeness (QED) is 0.806. The van der Waals surface area contributed by atoms with Gasteiger partial charge in [-0.1, -0.05) is 6.07 Å². The number of hydrogen-bond donors (Lipinski definition) is 0. The molecule has 1 heterocycles. The van der Waals surface area contributed by atoms with Crippen LogP contribution in [0.25, 0.3) is 0 Å². The van der Waals surface area contributed by atoms with Crippen molar-refractivity contribution in [2.24, 2.45) is 0 Å². The number of rotatable bonds is 5. The molecule has 1 atom stereocenters. The number of nitrogens with zero attached hydrogens (tertiary/aromatic N) is 1. The summed E-state index contributed by atoms with van der Waals surface area (Å²) in [6.45, 7) is 0. The first-order chi connectivity index (χ1) is 12.4. The van der Waals surface area contributed by atoms with Crippen LogP contribution in [0.2, 0.25) is 0 Å². The maximum Gasteiger partial charge on any atom is 0.258 e. The van der Waals surface area contributed by atoms with Gasteiger partial charge in [0.2, 0.25) is 0 Å². The fourth-order valence-electron chi connectivity index (χ4n) is 2.82. The summed E-state index contributed by atoms with van der Waals surface area (Å²) in [5.74, 6) is 0.757. The number of anilines is 1. The van der Waals surface area contributed by atoms with Gasteiger partial charge in [-0.05, 0) is 48.5 Å². The average Bonchev–Trinajstić information content (AvgIpc) is 3.01. The monoisotopic (exact) mass is 373 g/mol. The molecule has 0 bridgehead atoms. The number of benzene rings is 2. The maximum absolute atomic E-state index is 13.2. The molecular formula is C19H19NO5S. The Morgan fingerprint density at radius 3 is 2.31 bits per heavy atom. The van der Waals surface area contributed by atoms with Gasteiger partial charge >= 0.3 is 0 Å². The fraction of sp³-hybridized carbons (Fsp3) is 0.211. The van der Waals surface area contributed by atoms with E-state index >= 15 is 0 Å². The van der Waals surface area contributed by atoms with E-state index in [-0.39, 0.29) is 11.7 Å². The van der Waals surface area contributed by atoms with Crippen molar-refractivity contribution in [1.82, 2.24) is 0 Å². The Hall–Kier alpha value is -2.80. The van der Waals surface area contributed by atoms with Gasteiger partial charge in [0, 0.05) is 16.7 Å². The molecule has 1 aliphatic heterocycles. The van der Waals surface area contributed by atoms with Gasteiger partial charge in [-0.15, -0.1) is 0 Å². The lowest BCUT2D eigenvalue weighted by molar-refractivity contribution is 0.0983.